The van der Waals surface area contributed by atoms with Gasteiger partial charge in [0, 0.05) is 16.0 Å². The molecule has 0 unspecified atom stereocenters. The van der Waals surface area contributed by atoms with Crippen molar-refractivity contribution in [3.63, 3.8) is 0 Å². The van der Waals surface area contributed by atoms with Crippen molar-refractivity contribution in [1.82, 2.24) is 0 Å². The Bertz CT molecular complexity index is 630. The number of benzene rings is 2. The fraction of sp³-hybridized carbons (Fsp3) is 0.0667. The summed E-state index contributed by atoms with van der Waals surface area (Å²) in [6, 6.07) is 17.5. The second-order valence-corrected chi connectivity index (χ2v) is 3.66. The highest BCUT2D eigenvalue weighted by Gasteiger charge is 1.96. The summed E-state index contributed by atoms with van der Waals surface area (Å²) in [7, 11) is 0. The quantitative estimate of drug-likeness (QED) is 0.327. The lowest BCUT2D eigenvalue weighted by atomic mass is 10.1. The third kappa shape index (κ3) is 3.15. The Labute approximate surface area is 106 Å². The van der Waals surface area contributed by atoms with Gasteiger partial charge < -0.3 is 0 Å². The monoisotopic (exact) mass is 233 g/mol. The summed E-state index contributed by atoms with van der Waals surface area (Å²) in [6.07, 6.45) is 0. The number of azide groups is 1. The minimum absolute atomic E-state index is 0.330. The van der Waals surface area contributed by atoms with Crippen LogP contribution >= 0.6 is 0 Å². The van der Waals surface area contributed by atoms with E-state index in [9.17, 15) is 0 Å². The number of nitrogens with zero attached hydrogens (tertiary/aromatic N) is 3. The summed E-state index contributed by atoms with van der Waals surface area (Å²) in [6.45, 7) is 0.330. The van der Waals surface area contributed by atoms with Crippen molar-refractivity contribution in [1.29, 1.82) is 0 Å². The van der Waals surface area contributed by atoms with Gasteiger partial charge in [0.25, 0.3) is 0 Å². The predicted molar refractivity (Wildman–Crippen MR) is 71.7 cm³/mol. The van der Waals surface area contributed by atoms with E-state index in [1.54, 1.807) is 0 Å². The molecule has 0 fully saturated rings. The Morgan fingerprint density at radius 1 is 0.944 bits per heavy atom. The Hall–Kier alpha value is -2.69. The van der Waals surface area contributed by atoms with Crippen molar-refractivity contribution in [2.24, 2.45) is 5.11 Å². The first kappa shape index (κ1) is 11.8. The number of hydrogen-bond acceptors (Lipinski definition) is 1. The summed E-state index contributed by atoms with van der Waals surface area (Å²) < 4.78 is 0. The Kier molecular flexibility index (Phi) is 4.02. The fourth-order valence-corrected chi connectivity index (χ4v) is 1.55. The molecule has 0 bridgehead atoms. The first-order valence-electron chi connectivity index (χ1n) is 5.56. The van der Waals surface area contributed by atoms with Crippen molar-refractivity contribution in [3.8, 4) is 11.8 Å². The average Bonchev–Trinajstić information content (AvgIpc) is 2.45. The molecule has 0 amide bonds. The summed E-state index contributed by atoms with van der Waals surface area (Å²) in [5.41, 5.74) is 11.2. The summed E-state index contributed by atoms with van der Waals surface area (Å²) in [4.78, 5) is 2.77. The van der Waals surface area contributed by atoms with Gasteiger partial charge >= 0.3 is 0 Å². The molecule has 0 aromatic heterocycles. The van der Waals surface area contributed by atoms with Crippen molar-refractivity contribution in [2.45, 2.75) is 6.54 Å². The van der Waals surface area contributed by atoms with Crippen molar-refractivity contribution in [3.05, 3.63) is 81.7 Å². The van der Waals surface area contributed by atoms with Gasteiger partial charge in [-0.2, -0.15) is 0 Å². The smallest absolute Gasteiger partial charge is 0.0523 e. The summed E-state index contributed by atoms with van der Waals surface area (Å²) in [5.74, 6) is 6.20. The van der Waals surface area contributed by atoms with E-state index >= 15 is 0 Å². The molecule has 86 valence electrons. The highest BCUT2D eigenvalue weighted by Crippen LogP contribution is 2.09. The van der Waals surface area contributed by atoms with Crippen LogP contribution in [-0.2, 0) is 6.54 Å². The maximum Gasteiger partial charge on any atom is 0.0523 e. The maximum absolute atomic E-state index is 8.35. The second-order valence-electron chi connectivity index (χ2n) is 3.66. The minimum Gasteiger partial charge on any atom is -0.0892 e. The van der Waals surface area contributed by atoms with E-state index in [1.807, 2.05) is 54.6 Å². The standard InChI is InChI=1S/C15H11N3/c16-18-17-12-15-9-5-4-8-14(15)11-10-13-6-2-1-3-7-13/h1-9H,12H2. The Balaban J connectivity index is 2.29. The Morgan fingerprint density at radius 3 is 2.44 bits per heavy atom. The normalized spacial score (nSPS) is 8.89. The summed E-state index contributed by atoms with van der Waals surface area (Å²) >= 11 is 0. The van der Waals surface area contributed by atoms with Crippen molar-refractivity contribution >= 4 is 0 Å². The van der Waals surface area contributed by atoms with Crippen LogP contribution in [0.5, 0.6) is 0 Å². The van der Waals surface area contributed by atoms with Crippen LogP contribution in [0.2, 0.25) is 0 Å². The van der Waals surface area contributed by atoms with Crippen molar-refractivity contribution < 1.29 is 0 Å². The number of hydrogen-bond donors (Lipinski definition) is 0. The van der Waals surface area contributed by atoms with Gasteiger partial charge in [-0.3, -0.25) is 0 Å². The lowest BCUT2D eigenvalue weighted by Crippen LogP contribution is -1.86. The van der Waals surface area contributed by atoms with E-state index in [0.717, 1.165) is 16.7 Å². The molecule has 0 saturated carbocycles. The van der Waals surface area contributed by atoms with Gasteiger partial charge in [0.15, 0.2) is 0 Å². The topological polar surface area (TPSA) is 48.8 Å². The van der Waals surface area contributed by atoms with Crippen LogP contribution < -0.4 is 0 Å². The molecule has 0 atom stereocenters. The molecule has 0 aliphatic heterocycles. The highest BCUT2D eigenvalue weighted by atomic mass is 15.1. The molecule has 0 aliphatic rings. The largest absolute Gasteiger partial charge is 0.0892 e. The van der Waals surface area contributed by atoms with Gasteiger partial charge in [0.1, 0.15) is 0 Å². The molecule has 0 aliphatic carbocycles. The van der Waals surface area contributed by atoms with Gasteiger partial charge in [-0.15, -0.1) is 0 Å². The van der Waals surface area contributed by atoms with Gasteiger partial charge in [-0.1, -0.05) is 53.4 Å². The van der Waals surface area contributed by atoms with E-state index in [2.05, 4.69) is 21.9 Å². The molecule has 3 nitrogen and oxygen atoms in total. The van der Waals surface area contributed by atoms with Gasteiger partial charge in [0.2, 0.25) is 0 Å². The van der Waals surface area contributed by atoms with Crippen LogP contribution in [0.3, 0.4) is 0 Å². The van der Waals surface area contributed by atoms with E-state index in [4.69, 9.17) is 5.53 Å². The van der Waals surface area contributed by atoms with E-state index in [0.29, 0.717) is 6.54 Å². The predicted octanol–water partition coefficient (Wildman–Crippen LogP) is 3.90. The van der Waals surface area contributed by atoms with Crippen molar-refractivity contribution in [2.75, 3.05) is 0 Å². The molecular weight excluding hydrogens is 222 g/mol. The third-order valence-corrected chi connectivity index (χ3v) is 2.44. The molecular formula is C15H11N3. The van der Waals surface area contributed by atoms with Gasteiger partial charge in [-0.05, 0) is 29.3 Å². The fourth-order valence-electron chi connectivity index (χ4n) is 1.55. The zero-order chi connectivity index (χ0) is 12.6. The van der Waals surface area contributed by atoms with Crippen LogP contribution in [-0.4, -0.2) is 0 Å². The lowest BCUT2D eigenvalue weighted by molar-refractivity contribution is 1.04. The summed E-state index contributed by atoms with van der Waals surface area (Å²) in [5, 5.41) is 3.57. The molecule has 0 radical (unpaired) electrons. The van der Waals surface area contributed by atoms with E-state index in [1.165, 1.54) is 0 Å². The van der Waals surface area contributed by atoms with Crippen LogP contribution in [0, 0.1) is 11.8 Å². The zero-order valence-corrected chi connectivity index (χ0v) is 9.74. The zero-order valence-electron chi connectivity index (χ0n) is 9.74. The molecule has 3 heteroatoms. The first-order chi connectivity index (χ1) is 8.90. The molecule has 0 heterocycles. The van der Waals surface area contributed by atoms with Gasteiger partial charge in [-0.25, -0.2) is 0 Å². The molecule has 0 N–H and O–H groups in total. The van der Waals surface area contributed by atoms with E-state index in [-0.39, 0.29) is 0 Å². The second kappa shape index (κ2) is 6.15. The average molecular weight is 233 g/mol. The molecule has 2 aromatic rings. The van der Waals surface area contributed by atoms with Crippen LogP contribution in [0.15, 0.2) is 59.7 Å². The highest BCUT2D eigenvalue weighted by molar-refractivity contribution is 5.46. The first-order valence-corrected chi connectivity index (χ1v) is 5.56. The van der Waals surface area contributed by atoms with Crippen LogP contribution in [0.25, 0.3) is 10.4 Å². The van der Waals surface area contributed by atoms with Crippen LogP contribution in [0.4, 0.5) is 0 Å². The maximum atomic E-state index is 8.35. The van der Waals surface area contributed by atoms with E-state index < -0.39 is 0 Å². The third-order valence-electron chi connectivity index (χ3n) is 2.44. The van der Waals surface area contributed by atoms with Gasteiger partial charge in [0.05, 0.1) is 6.54 Å². The molecule has 0 spiro atoms. The number of rotatable bonds is 2. The minimum atomic E-state index is 0.330. The molecule has 2 aromatic carbocycles. The molecule has 2 rings (SSSR count). The Morgan fingerprint density at radius 2 is 1.67 bits per heavy atom. The molecule has 0 saturated heterocycles. The SMILES string of the molecule is [N-]=[N+]=NCc1ccccc1C#Cc1ccccc1. The molecule has 18 heavy (non-hydrogen) atoms. The lowest BCUT2D eigenvalue weighted by Gasteiger charge is -1.99. The van der Waals surface area contributed by atoms with Crippen LogP contribution in [0.1, 0.15) is 16.7 Å².